The van der Waals surface area contributed by atoms with Crippen molar-refractivity contribution < 1.29 is 4.79 Å². The number of carbonyl (C=O) groups excluding carboxylic acids is 1. The Morgan fingerprint density at radius 2 is 2.21 bits per heavy atom. The largest absolute Gasteiger partial charge is 0.352 e. The van der Waals surface area contributed by atoms with Crippen LogP contribution >= 0.6 is 11.5 Å². The Balaban J connectivity index is 1.77. The average Bonchev–Trinajstić information content (AvgIpc) is 2.91. The highest BCUT2D eigenvalue weighted by Crippen LogP contribution is 2.08. The van der Waals surface area contributed by atoms with Crippen LogP contribution in [-0.4, -0.2) is 26.6 Å². The molecule has 1 N–H and O–H groups in total. The Kier molecular flexibility index (Phi) is 4.31. The second kappa shape index (κ2) is 5.97. The number of rotatable bonds is 5. The maximum Gasteiger partial charge on any atom is 0.254 e. The summed E-state index contributed by atoms with van der Waals surface area (Å²) in [6, 6.07) is 2.05. The molecule has 0 fully saturated rings. The van der Waals surface area contributed by atoms with Crippen molar-refractivity contribution in [3.05, 3.63) is 34.1 Å². The number of hydrogen-bond acceptors (Lipinski definition) is 4. The number of nitrogens with one attached hydrogen (secondary N) is 1. The lowest BCUT2D eigenvalue weighted by Crippen LogP contribution is -2.25. The SMILES string of the molecule is Cc1cc(C)n(CCCNC(=O)c2csnc2C)n1. The molecule has 5 nitrogen and oxygen atoms in total. The lowest BCUT2D eigenvalue weighted by molar-refractivity contribution is 0.0952. The zero-order valence-electron chi connectivity index (χ0n) is 11.4. The van der Waals surface area contributed by atoms with Gasteiger partial charge in [-0.25, -0.2) is 0 Å². The van der Waals surface area contributed by atoms with Gasteiger partial charge >= 0.3 is 0 Å². The average molecular weight is 278 g/mol. The molecular formula is C13H18N4OS. The van der Waals surface area contributed by atoms with Gasteiger partial charge in [-0.2, -0.15) is 9.47 Å². The Morgan fingerprint density at radius 1 is 1.42 bits per heavy atom. The molecule has 2 rings (SSSR count). The number of carbonyl (C=O) groups is 1. The van der Waals surface area contributed by atoms with Gasteiger partial charge in [0.25, 0.3) is 5.91 Å². The topological polar surface area (TPSA) is 59.8 Å². The van der Waals surface area contributed by atoms with E-state index in [1.54, 1.807) is 5.38 Å². The van der Waals surface area contributed by atoms with Crippen LogP contribution in [0.5, 0.6) is 0 Å². The van der Waals surface area contributed by atoms with Crippen molar-refractivity contribution in [1.82, 2.24) is 19.5 Å². The van der Waals surface area contributed by atoms with Crippen molar-refractivity contribution in [3.63, 3.8) is 0 Å². The molecule has 0 saturated carbocycles. The van der Waals surface area contributed by atoms with E-state index in [0.29, 0.717) is 12.1 Å². The smallest absolute Gasteiger partial charge is 0.254 e. The van der Waals surface area contributed by atoms with E-state index in [2.05, 4.69) is 20.9 Å². The highest BCUT2D eigenvalue weighted by molar-refractivity contribution is 7.03. The fourth-order valence-corrected chi connectivity index (χ4v) is 2.63. The quantitative estimate of drug-likeness (QED) is 0.852. The summed E-state index contributed by atoms with van der Waals surface area (Å²) in [5, 5.41) is 9.08. The van der Waals surface area contributed by atoms with Crippen LogP contribution in [0.2, 0.25) is 0 Å². The summed E-state index contributed by atoms with van der Waals surface area (Å²) in [6.07, 6.45) is 0.865. The molecule has 0 aliphatic carbocycles. The Bertz CT molecular complexity index is 573. The summed E-state index contributed by atoms with van der Waals surface area (Å²) in [6.45, 7) is 7.34. The van der Waals surface area contributed by atoms with Gasteiger partial charge in [0, 0.05) is 24.2 Å². The second-order valence-corrected chi connectivity index (χ2v) is 5.20. The van der Waals surface area contributed by atoms with Gasteiger partial charge in [-0.3, -0.25) is 9.48 Å². The standard InChI is InChI=1S/C13H18N4OS/c1-9-7-10(2)17(15-9)6-4-5-14-13(18)12-8-19-16-11(12)3/h7-8H,4-6H2,1-3H3,(H,14,18). The zero-order chi connectivity index (χ0) is 13.8. The molecule has 0 aromatic carbocycles. The Labute approximate surface area is 116 Å². The van der Waals surface area contributed by atoms with Crippen LogP contribution in [0.3, 0.4) is 0 Å². The molecule has 2 heterocycles. The van der Waals surface area contributed by atoms with Gasteiger partial charge < -0.3 is 5.32 Å². The van der Waals surface area contributed by atoms with E-state index in [9.17, 15) is 4.79 Å². The zero-order valence-corrected chi connectivity index (χ0v) is 12.3. The van der Waals surface area contributed by atoms with Crippen molar-refractivity contribution in [1.29, 1.82) is 0 Å². The molecule has 0 unspecified atom stereocenters. The molecule has 2 aromatic rings. The number of nitrogens with zero attached hydrogens (tertiary/aromatic N) is 3. The van der Waals surface area contributed by atoms with Gasteiger partial charge in [-0.15, -0.1) is 0 Å². The maximum atomic E-state index is 11.8. The lowest BCUT2D eigenvalue weighted by Gasteiger charge is -2.06. The van der Waals surface area contributed by atoms with Gasteiger partial charge in [-0.1, -0.05) is 0 Å². The summed E-state index contributed by atoms with van der Waals surface area (Å²) >= 11 is 1.31. The first-order valence-electron chi connectivity index (χ1n) is 6.28. The van der Waals surface area contributed by atoms with E-state index in [4.69, 9.17) is 0 Å². The lowest BCUT2D eigenvalue weighted by atomic mass is 10.2. The third-order valence-electron chi connectivity index (χ3n) is 2.93. The summed E-state index contributed by atoms with van der Waals surface area (Å²) in [5.74, 6) is -0.0420. The predicted molar refractivity (Wildman–Crippen MR) is 75.5 cm³/mol. The van der Waals surface area contributed by atoms with E-state index < -0.39 is 0 Å². The minimum Gasteiger partial charge on any atom is -0.352 e. The molecule has 0 spiro atoms. The fraction of sp³-hybridized carbons (Fsp3) is 0.462. The van der Waals surface area contributed by atoms with Gasteiger partial charge in [0.1, 0.15) is 0 Å². The molecule has 19 heavy (non-hydrogen) atoms. The van der Waals surface area contributed by atoms with Gasteiger partial charge in [0.2, 0.25) is 0 Å². The molecular weight excluding hydrogens is 260 g/mol. The molecule has 0 aliphatic heterocycles. The fourth-order valence-electron chi connectivity index (χ4n) is 1.94. The third kappa shape index (κ3) is 3.41. The van der Waals surface area contributed by atoms with Crippen molar-refractivity contribution in [2.24, 2.45) is 0 Å². The normalized spacial score (nSPS) is 10.7. The minimum absolute atomic E-state index is 0.0420. The highest BCUT2D eigenvalue weighted by atomic mass is 32.1. The van der Waals surface area contributed by atoms with Crippen molar-refractivity contribution in [2.75, 3.05) is 6.54 Å². The van der Waals surface area contributed by atoms with Crippen LogP contribution in [0.4, 0.5) is 0 Å². The molecule has 0 bridgehead atoms. The molecule has 0 radical (unpaired) electrons. The molecule has 0 aliphatic rings. The molecule has 0 atom stereocenters. The van der Waals surface area contributed by atoms with E-state index in [-0.39, 0.29) is 5.91 Å². The molecule has 0 saturated heterocycles. The summed E-state index contributed by atoms with van der Waals surface area (Å²) < 4.78 is 6.07. The summed E-state index contributed by atoms with van der Waals surface area (Å²) in [4.78, 5) is 11.8. The Morgan fingerprint density at radius 3 is 2.79 bits per heavy atom. The van der Waals surface area contributed by atoms with E-state index in [1.807, 2.05) is 25.5 Å². The van der Waals surface area contributed by atoms with Crippen LogP contribution in [0, 0.1) is 20.8 Å². The number of hydrogen-bond donors (Lipinski definition) is 1. The van der Waals surface area contributed by atoms with Gasteiger partial charge in [0.15, 0.2) is 0 Å². The van der Waals surface area contributed by atoms with E-state index >= 15 is 0 Å². The molecule has 2 aromatic heterocycles. The monoisotopic (exact) mass is 278 g/mol. The van der Waals surface area contributed by atoms with Crippen LogP contribution in [0.1, 0.15) is 33.9 Å². The molecule has 6 heteroatoms. The number of aryl methyl sites for hydroxylation is 4. The summed E-state index contributed by atoms with van der Waals surface area (Å²) in [5.41, 5.74) is 3.65. The van der Waals surface area contributed by atoms with Crippen LogP contribution in [0.25, 0.3) is 0 Å². The first-order chi connectivity index (χ1) is 9.08. The minimum atomic E-state index is -0.0420. The number of aromatic nitrogens is 3. The van der Waals surface area contributed by atoms with Gasteiger partial charge in [-0.05, 0) is 44.8 Å². The van der Waals surface area contributed by atoms with Crippen LogP contribution in [0.15, 0.2) is 11.4 Å². The van der Waals surface area contributed by atoms with Crippen molar-refractivity contribution in [3.8, 4) is 0 Å². The van der Waals surface area contributed by atoms with E-state index in [1.165, 1.54) is 11.5 Å². The first-order valence-corrected chi connectivity index (χ1v) is 7.12. The van der Waals surface area contributed by atoms with Gasteiger partial charge in [0.05, 0.1) is 17.0 Å². The maximum absolute atomic E-state index is 11.8. The predicted octanol–water partition coefficient (Wildman–Crippen LogP) is 2.08. The third-order valence-corrected chi connectivity index (χ3v) is 3.65. The first kappa shape index (κ1) is 13.7. The van der Waals surface area contributed by atoms with Crippen LogP contribution in [-0.2, 0) is 6.54 Å². The number of amides is 1. The van der Waals surface area contributed by atoms with Crippen molar-refractivity contribution >= 4 is 17.4 Å². The second-order valence-electron chi connectivity index (χ2n) is 4.57. The highest BCUT2D eigenvalue weighted by Gasteiger charge is 2.10. The Hall–Kier alpha value is -1.69. The molecule has 1 amide bonds. The van der Waals surface area contributed by atoms with Crippen molar-refractivity contribution in [2.45, 2.75) is 33.7 Å². The molecule has 102 valence electrons. The van der Waals surface area contributed by atoms with Crippen LogP contribution < -0.4 is 5.32 Å². The summed E-state index contributed by atoms with van der Waals surface area (Å²) in [7, 11) is 0. The van der Waals surface area contributed by atoms with E-state index in [0.717, 1.165) is 30.0 Å².